The van der Waals surface area contributed by atoms with Crippen molar-refractivity contribution in [3.05, 3.63) is 0 Å². The lowest BCUT2D eigenvalue weighted by Crippen LogP contribution is -2.45. The highest BCUT2D eigenvalue weighted by Crippen LogP contribution is 2.33. The van der Waals surface area contributed by atoms with Gasteiger partial charge in [-0.1, -0.05) is 26.2 Å². The maximum atomic E-state index is 11.6. The fraction of sp³-hybridized carbons (Fsp3) is 1.00. The molecule has 0 bridgehead atoms. The SMILES string of the molecule is CCCCS(=O)(=O)NCC(C)(O)C1CCCC1. The van der Waals surface area contributed by atoms with E-state index in [0.717, 1.165) is 32.1 Å². The van der Waals surface area contributed by atoms with Crippen LogP contribution in [0.2, 0.25) is 0 Å². The zero-order chi connectivity index (χ0) is 12.9. The quantitative estimate of drug-likeness (QED) is 0.734. The first-order chi connectivity index (χ1) is 7.87. The third-order valence-electron chi connectivity index (χ3n) is 3.65. The van der Waals surface area contributed by atoms with Crippen LogP contribution in [0.15, 0.2) is 0 Å². The third kappa shape index (κ3) is 4.94. The first-order valence-corrected chi connectivity index (χ1v) is 8.22. The Balaban J connectivity index is 2.42. The molecule has 1 aliphatic carbocycles. The van der Waals surface area contributed by atoms with Crippen molar-refractivity contribution in [2.75, 3.05) is 12.3 Å². The Labute approximate surface area is 105 Å². The topological polar surface area (TPSA) is 66.4 Å². The van der Waals surface area contributed by atoms with E-state index in [0.29, 0.717) is 6.42 Å². The van der Waals surface area contributed by atoms with Gasteiger partial charge in [0.05, 0.1) is 11.4 Å². The molecule has 1 unspecified atom stereocenters. The Morgan fingerprint density at radius 2 is 1.94 bits per heavy atom. The molecule has 17 heavy (non-hydrogen) atoms. The van der Waals surface area contributed by atoms with E-state index in [1.807, 2.05) is 6.92 Å². The Morgan fingerprint density at radius 3 is 2.47 bits per heavy atom. The summed E-state index contributed by atoms with van der Waals surface area (Å²) in [5.74, 6) is 0.390. The zero-order valence-electron chi connectivity index (χ0n) is 10.9. The average Bonchev–Trinajstić information content (AvgIpc) is 2.78. The van der Waals surface area contributed by atoms with E-state index in [2.05, 4.69) is 4.72 Å². The Morgan fingerprint density at radius 1 is 1.35 bits per heavy atom. The molecule has 5 heteroatoms. The van der Waals surface area contributed by atoms with Crippen LogP contribution in [0.25, 0.3) is 0 Å². The van der Waals surface area contributed by atoms with Gasteiger partial charge >= 0.3 is 0 Å². The van der Waals surface area contributed by atoms with E-state index in [-0.39, 0.29) is 18.2 Å². The van der Waals surface area contributed by atoms with E-state index in [1.54, 1.807) is 6.92 Å². The van der Waals surface area contributed by atoms with Gasteiger partial charge in [0.1, 0.15) is 0 Å². The van der Waals surface area contributed by atoms with Gasteiger partial charge in [-0.15, -0.1) is 0 Å². The maximum absolute atomic E-state index is 11.6. The molecular formula is C12H25NO3S. The smallest absolute Gasteiger partial charge is 0.211 e. The molecule has 0 aromatic rings. The minimum atomic E-state index is -3.22. The highest BCUT2D eigenvalue weighted by molar-refractivity contribution is 7.89. The number of unbranched alkanes of at least 4 members (excludes halogenated alkanes) is 1. The molecule has 0 saturated heterocycles. The molecule has 1 rings (SSSR count). The molecule has 0 radical (unpaired) electrons. The number of sulfonamides is 1. The van der Waals surface area contributed by atoms with Crippen LogP contribution in [0.4, 0.5) is 0 Å². The van der Waals surface area contributed by atoms with Crippen molar-refractivity contribution in [2.45, 2.75) is 58.0 Å². The van der Waals surface area contributed by atoms with Crippen molar-refractivity contribution in [1.82, 2.24) is 4.72 Å². The lowest BCUT2D eigenvalue weighted by molar-refractivity contribution is 0.00696. The van der Waals surface area contributed by atoms with Crippen molar-refractivity contribution < 1.29 is 13.5 Å². The van der Waals surface area contributed by atoms with Crippen LogP contribution in [0.1, 0.15) is 52.4 Å². The lowest BCUT2D eigenvalue weighted by atomic mass is 9.88. The van der Waals surface area contributed by atoms with Crippen LogP contribution in [0.5, 0.6) is 0 Å². The molecule has 1 atom stereocenters. The zero-order valence-corrected chi connectivity index (χ0v) is 11.7. The van der Waals surface area contributed by atoms with Crippen LogP contribution in [0, 0.1) is 5.92 Å². The third-order valence-corrected chi connectivity index (χ3v) is 5.06. The second-order valence-corrected chi connectivity index (χ2v) is 7.26. The lowest BCUT2D eigenvalue weighted by Gasteiger charge is -2.30. The van der Waals surface area contributed by atoms with Gasteiger partial charge in [-0.05, 0) is 32.1 Å². The van der Waals surface area contributed by atoms with Gasteiger partial charge < -0.3 is 5.11 Å². The molecule has 1 saturated carbocycles. The highest BCUT2D eigenvalue weighted by Gasteiger charge is 2.34. The number of rotatable bonds is 7. The van der Waals surface area contributed by atoms with Crippen LogP contribution >= 0.6 is 0 Å². The summed E-state index contributed by atoms with van der Waals surface area (Å²) in [5, 5.41) is 10.3. The van der Waals surface area contributed by atoms with E-state index >= 15 is 0 Å². The van der Waals surface area contributed by atoms with Gasteiger partial charge in [0.15, 0.2) is 0 Å². The molecule has 0 aromatic heterocycles. The fourth-order valence-corrected chi connectivity index (χ4v) is 3.68. The van der Waals surface area contributed by atoms with Gasteiger partial charge in [-0.3, -0.25) is 0 Å². The molecular weight excluding hydrogens is 238 g/mol. The summed E-state index contributed by atoms with van der Waals surface area (Å²) in [6.45, 7) is 3.85. The van der Waals surface area contributed by atoms with Crippen LogP contribution < -0.4 is 4.72 Å². The van der Waals surface area contributed by atoms with E-state index < -0.39 is 15.6 Å². The predicted octanol–water partition coefficient (Wildman–Crippen LogP) is 1.65. The van der Waals surface area contributed by atoms with Crippen LogP contribution in [-0.4, -0.2) is 31.4 Å². The fourth-order valence-electron chi connectivity index (χ4n) is 2.35. The summed E-state index contributed by atoms with van der Waals surface area (Å²) in [6.07, 6.45) is 5.82. The standard InChI is InChI=1S/C12H25NO3S/c1-3-4-9-17(15,16)13-10-12(2,14)11-7-5-6-8-11/h11,13-14H,3-10H2,1-2H3. The van der Waals surface area contributed by atoms with E-state index in [1.165, 1.54) is 0 Å². The monoisotopic (exact) mass is 263 g/mol. The minimum absolute atomic E-state index is 0.143. The summed E-state index contributed by atoms with van der Waals surface area (Å²) in [4.78, 5) is 0. The largest absolute Gasteiger partial charge is 0.389 e. The Hall–Kier alpha value is -0.130. The minimum Gasteiger partial charge on any atom is -0.389 e. The summed E-state index contributed by atoms with van der Waals surface area (Å²) < 4.78 is 25.8. The second-order valence-electron chi connectivity index (χ2n) is 5.33. The Kier molecular flexibility index (Phi) is 5.41. The summed E-state index contributed by atoms with van der Waals surface area (Å²) >= 11 is 0. The number of hydrogen-bond acceptors (Lipinski definition) is 3. The Bertz CT molecular complexity index is 319. The van der Waals surface area contributed by atoms with Gasteiger partial charge in [-0.2, -0.15) is 0 Å². The maximum Gasteiger partial charge on any atom is 0.211 e. The molecule has 1 fully saturated rings. The van der Waals surface area contributed by atoms with Crippen molar-refractivity contribution >= 4 is 10.0 Å². The van der Waals surface area contributed by atoms with Crippen molar-refractivity contribution in [2.24, 2.45) is 5.92 Å². The second kappa shape index (κ2) is 6.16. The molecule has 0 amide bonds. The molecule has 0 aromatic carbocycles. The predicted molar refractivity (Wildman–Crippen MR) is 69.3 cm³/mol. The molecule has 4 nitrogen and oxygen atoms in total. The molecule has 0 spiro atoms. The van der Waals surface area contributed by atoms with Gasteiger partial charge in [-0.25, -0.2) is 13.1 Å². The van der Waals surface area contributed by atoms with E-state index in [9.17, 15) is 13.5 Å². The van der Waals surface area contributed by atoms with Crippen LogP contribution in [-0.2, 0) is 10.0 Å². The molecule has 1 aliphatic rings. The highest BCUT2D eigenvalue weighted by atomic mass is 32.2. The number of aliphatic hydroxyl groups is 1. The van der Waals surface area contributed by atoms with Crippen molar-refractivity contribution in [3.63, 3.8) is 0 Å². The first kappa shape index (κ1) is 14.9. The normalized spacial score (nSPS) is 21.6. The number of nitrogens with one attached hydrogen (secondary N) is 1. The van der Waals surface area contributed by atoms with E-state index in [4.69, 9.17) is 0 Å². The average molecular weight is 263 g/mol. The first-order valence-electron chi connectivity index (χ1n) is 6.57. The van der Waals surface area contributed by atoms with Gasteiger partial charge in [0.2, 0.25) is 10.0 Å². The molecule has 102 valence electrons. The summed E-state index contributed by atoms with van der Waals surface area (Å²) in [5.41, 5.74) is -0.907. The van der Waals surface area contributed by atoms with Gasteiger partial charge in [0, 0.05) is 6.54 Å². The van der Waals surface area contributed by atoms with Crippen molar-refractivity contribution in [3.8, 4) is 0 Å². The molecule has 0 heterocycles. The summed E-state index contributed by atoms with van der Waals surface area (Å²) in [6, 6.07) is 0. The molecule has 2 N–H and O–H groups in total. The van der Waals surface area contributed by atoms with Crippen molar-refractivity contribution in [1.29, 1.82) is 0 Å². The molecule has 0 aliphatic heterocycles. The van der Waals surface area contributed by atoms with Gasteiger partial charge in [0.25, 0.3) is 0 Å². The van der Waals surface area contributed by atoms with Crippen LogP contribution in [0.3, 0.4) is 0 Å². The summed E-state index contributed by atoms with van der Waals surface area (Å²) in [7, 11) is -3.22. The number of hydrogen-bond donors (Lipinski definition) is 2.